The number of ether oxygens (including phenoxy) is 1. The Kier molecular flexibility index (Phi) is 3.55. The molecule has 0 aliphatic rings. The number of halogens is 3. The third-order valence-electron chi connectivity index (χ3n) is 2.20. The highest BCUT2D eigenvalue weighted by molar-refractivity contribution is 5.88. The zero-order valence-electron chi connectivity index (χ0n) is 9.57. The van der Waals surface area contributed by atoms with E-state index in [4.69, 9.17) is 0 Å². The van der Waals surface area contributed by atoms with E-state index in [1.54, 1.807) is 30.3 Å². The molecule has 1 aromatic carbocycles. The summed E-state index contributed by atoms with van der Waals surface area (Å²) in [6.07, 6.45) is -4.37. The van der Waals surface area contributed by atoms with E-state index in [-0.39, 0.29) is 5.69 Å². The van der Waals surface area contributed by atoms with Crippen molar-refractivity contribution in [1.29, 1.82) is 0 Å². The van der Waals surface area contributed by atoms with Crippen LogP contribution in [0.5, 0.6) is 0 Å². The predicted molar refractivity (Wildman–Crippen MR) is 62.8 cm³/mol. The van der Waals surface area contributed by atoms with Crippen molar-refractivity contribution in [3.63, 3.8) is 0 Å². The van der Waals surface area contributed by atoms with Crippen LogP contribution in [0.25, 0.3) is 10.9 Å². The number of nitrogens with one attached hydrogen (secondary N) is 1. The van der Waals surface area contributed by atoms with E-state index in [2.05, 4.69) is 15.0 Å². The fourth-order valence-electron chi connectivity index (χ4n) is 1.44. The summed E-state index contributed by atoms with van der Waals surface area (Å²) in [7, 11) is 0. The number of aromatic nitrogens is 1. The van der Waals surface area contributed by atoms with Crippen molar-refractivity contribution in [2.75, 3.05) is 11.9 Å². The van der Waals surface area contributed by atoms with Crippen molar-refractivity contribution >= 4 is 22.7 Å². The van der Waals surface area contributed by atoms with E-state index in [9.17, 15) is 18.0 Å². The van der Waals surface area contributed by atoms with Crippen LogP contribution in [0.2, 0.25) is 0 Å². The summed E-state index contributed by atoms with van der Waals surface area (Å²) in [6.45, 7) is -1.63. The molecule has 100 valence electrons. The largest absolute Gasteiger partial charge is 0.440 e. The number of hydrogen-bond acceptors (Lipinski definition) is 3. The van der Waals surface area contributed by atoms with E-state index in [0.717, 1.165) is 10.9 Å². The van der Waals surface area contributed by atoms with Crippen LogP contribution in [-0.2, 0) is 4.74 Å². The lowest BCUT2D eigenvalue weighted by molar-refractivity contribution is -0.159. The fraction of sp³-hybridized carbons (Fsp3) is 0.167. The average Bonchev–Trinajstić information content (AvgIpc) is 2.35. The molecule has 4 nitrogen and oxygen atoms in total. The van der Waals surface area contributed by atoms with Crippen LogP contribution < -0.4 is 5.32 Å². The van der Waals surface area contributed by atoms with Gasteiger partial charge in [-0.15, -0.1) is 0 Å². The molecule has 0 aliphatic heterocycles. The molecular weight excluding hydrogens is 261 g/mol. The molecule has 0 bridgehead atoms. The van der Waals surface area contributed by atoms with E-state index < -0.39 is 18.9 Å². The van der Waals surface area contributed by atoms with Crippen molar-refractivity contribution in [3.05, 3.63) is 36.5 Å². The molecule has 1 amide bonds. The van der Waals surface area contributed by atoms with Crippen LogP contribution in [0.15, 0.2) is 36.5 Å². The summed E-state index contributed by atoms with van der Waals surface area (Å²) < 4.78 is 39.6. The number of carbonyl (C=O) groups is 1. The van der Waals surface area contributed by atoms with Crippen LogP contribution in [0.3, 0.4) is 0 Å². The molecule has 0 aliphatic carbocycles. The second kappa shape index (κ2) is 5.13. The molecule has 1 heterocycles. The van der Waals surface area contributed by atoms with Gasteiger partial charge in [0.25, 0.3) is 0 Å². The first-order chi connectivity index (χ1) is 8.94. The van der Waals surface area contributed by atoms with Gasteiger partial charge in [0.1, 0.15) is 0 Å². The smallest absolute Gasteiger partial charge is 0.422 e. The van der Waals surface area contributed by atoms with Gasteiger partial charge in [0.05, 0.1) is 17.4 Å². The Bertz CT molecular complexity index is 599. The molecule has 2 rings (SSSR count). The number of rotatable bonds is 2. The van der Waals surface area contributed by atoms with Crippen molar-refractivity contribution < 1.29 is 22.7 Å². The summed E-state index contributed by atoms with van der Waals surface area (Å²) in [4.78, 5) is 15.2. The van der Waals surface area contributed by atoms with Gasteiger partial charge in [-0.1, -0.05) is 18.2 Å². The van der Waals surface area contributed by atoms with Gasteiger partial charge < -0.3 is 4.74 Å². The number of fused-ring (bicyclic) bond motifs is 1. The Balaban J connectivity index is 2.03. The van der Waals surface area contributed by atoms with Crippen molar-refractivity contribution in [3.8, 4) is 0 Å². The quantitative estimate of drug-likeness (QED) is 0.910. The molecule has 0 unspecified atom stereocenters. The van der Waals surface area contributed by atoms with Gasteiger partial charge in [-0.05, 0) is 12.1 Å². The Morgan fingerprint density at radius 1 is 1.32 bits per heavy atom. The second-order valence-electron chi connectivity index (χ2n) is 3.73. The summed E-state index contributed by atoms with van der Waals surface area (Å²) in [5, 5.41) is 2.94. The molecule has 2 aromatic rings. The molecule has 0 saturated carbocycles. The monoisotopic (exact) mass is 270 g/mol. The third-order valence-corrected chi connectivity index (χ3v) is 2.20. The van der Waals surface area contributed by atoms with Gasteiger partial charge in [-0.25, -0.2) is 4.79 Å². The number of nitrogens with zero attached hydrogens (tertiary/aromatic N) is 1. The highest BCUT2D eigenvalue weighted by atomic mass is 19.4. The molecule has 0 fully saturated rings. The van der Waals surface area contributed by atoms with E-state index in [1.807, 2.05) is 0 Å². The van der Waals surface area contributed by atoms with Crippen LogP contribution in [0.1, 0.15) is 0 Å². The lowest BCUT2D eigenvalue weighted by Crippen LogP contribution is -2.23. The Hall–Kier alpha value is -2.31. The van der Waals surface area contributed by atoms with Crippen LogP contribution in [0.4, 0.5) is 23.7 Å². The lowest BCUT2D eigenvalue weighted by Gasteiger charge is -2.09. The van der Waals surface area contributed by atoms with Gasteiger partial charge in [0, 0.05) is 5.39 Å². The van der Waals surface area contributed by atoms with Crippen molar-refractivity contribution in [1.82, 2.24) is 4.98 Å². The summed E-state index contributed by atoms with van der Waals surface area (Å²) in [5.41, 5.74) is 0.989. The predicted octanol–water partition coefficient (Wildman–Crippen LogP) is 3.35. The number of carbonyl (C=O) groups excluding carboxylic acids is 1. The maximum atomic E-state index is 11.8. The molecule has 1 N–H and O–H groups in total. The maximum absolute atomic E-state index is 11.8. The molecule has 0 atom stereocenters. The fourth-order valence-corrected chi connectivity index (χ4v) is 1.44. The molecule has 0 radical (unpaired) electrons. The van der Waals surface area contributed by atoms with Crippen molar-refractivity contribution in [2.45, 2.75) is 6.18 Å². The number of pyridine rings is 1. The lowest BCUT2D eigenvalue weighted by atomic mass is 10.2. The maximum Gasteiger partial charge on any atom is 0.422 e. The van der Waals surface area contributed by atoms with E-state index in [0.29, 0.717) is 0 Å². The molecule has 0 spiro atoms. The first-order valence-electron chi connectivity index (χ1n) is 5.29. The van der Waals surface area contributed by atoms with Crippen LogP contribution in [0, 0.1) is 0 Å². The summed E-state index contributed by atoms with van der Waals surface area (Å²) in [5.74, 6) is 0. The third kappa shape index (κ3) is 3.84. The topological polar surface area (TPSA) is 51.2 Å². The second-order valence-corrected chi connectivity index (χ2v) is 3.73. The van der Waals surface area contributed by atoms with Gasteiger partial charge in [0.2, 0.25) is 0 Å². The molecule has 0 saturated heterocycles. The number of amides is 1. The minimum absolute atomic E-state index is 0.269. The Morgan fingerprint density at radius 3 is 2.79 bits per heavy atom. The number of hydrogen-bond donors (Lipinski definition) is 1. The van der Waals surface area contributed by atoms with Crippen LogP contribution >= 0.6 is 0 Å². The molecule has 7 heteroatoms. The number of para-hydroxylation sites is 1. The SMILES string of the molecule is O=C(Nc1cnc2ccccc2c1)OCC(F)(F)F. The van der Waals surface area contributed by atoms with Gasteiger partial charge in [-0.2, -0.15) is 13.2 Å². The van der Waals surface area contributed by atoms with E-state index in [1.165, 1.54) is 6.20 Å². The highest BCUT2D eigenvalue weighted by Crippen LogP contribution is 2.17. The van der Waals surface area contributed by atoms with Gasteiger partial charge in [-0.3, -0.25) is 10.3 Å². The number of benzene rings is 1. The summed E-state index contributed by atoms with van der Waals surface area (Å²) >= 11 is 0. The standard InChI is InChI=1S/C12H9F3N2O2/c13-12(14,15)7-19-11(18)17-9-5-8-3-1-2-4-10(8)16-6-9/h1-6H,7H2,(H,17,18). The van der Waals surface area contributed by atoms with Gasteiger partial charge >= 0.3 is 12.3 Å². The van der Waals surface area contributed by atoms with Crippen LogP contribution in [-0.4, -0.2) is 23.9 Å². The average molecular weight is 270 g/mol. The minimum atomic E-state index is -4.54. The Morgan fingerprint density at radius 2 is 2.05 bits per heavy atom. The highest BCUT2D eigenvalue weighted by Gasteiger charge is 2.29. The van der Waals surface area contributed by atoms with E-state index >= 15 is 0 Å². The molecule has 1 aromatic heterocycles. The first-order valence-corrected chi connectivity index (χ1v) is 5.29. The zero-order chi connectivity index (χ0) is 13.9. The minimum Gasteiger partial charge on any atom is -0.440 e. The van der Waals surface area contributed by atoms with Gasteiger partial charge in [0.15, 0.2) is 6.61 Å². The first kappa shape index (κ1) is 13.1. The Labute approximate surface area is 106 Å². The normalized spacial score (nSPS) is 11.3. The molecule has 19 heavy (non-hydrogen) atoms. The number of alkyl halides is 3. The zero-order valence-corrected chi connectivity index (χ0v) is 9.57. The number of anilines is 1. The van der Waals surface area contributed by atoms with Crippen molar-refractivity contribution in [2.24, 2.45) is 0 Å². The molecular formula is C12H9F3N2O2. The summed E-state index contributed by atoms with van der Waals surface area (Å²) in [6, 6.07) is 8.74.